The fraction of sp³-hybridized carbons (Fsp3) is 0.455. The Balaban J connectivity index is 2.40. The summed E-state index contributed by atoms with van der Waals surface area (Å²) >= 11 is 2.38. The smallest absolute Gasteiger partial charge is 0.126 e. The van der Waals surface area contributed by atoms with Crippen molar-refractivity contribution in [1.82, 2.24) is 0 Å². The van der Waals surface area contributed by atoms with Crippen LogP contribution >= 0.6 is 22.6 Å². The molecule has 70 valence electrons. The second-order valence-corrected chi connectivity index (χ2v) is 4.55. The van der Waals surface area contributed by atoms with Crippen molar-refractivity contribution < 1.29 is 4.74 Å². The Morgan fingerprint density at radius 2 is 2.23 bits per heavy atom. The molecule has 13 heavy (non-hydrogen) atoms. The Labute approximate surface area is 92.6 Å². The number of fused-ring (bicyclic) bond motifs is 1. The highest BCUT2D eigenvalue weighted by Gasteiger charge is 2.23. The maximum atomic E-state index is 5.83. The summed E-state index contributed by atoms with van der Waals surface area (Å²) in [6, 6.07) is 4.43. The second kappa shape index (κ2) is 3.48. The van der Waals surface area contributed by atoms with Crippen LogP contribution in [-0.4, -0.2) is 10.5 Å². The molecule has 0 aliphatic carbocycles. The molecule has 0 saturated heterocycles. The van der Waals surface area contributed by atoms with Gasteiger partial charge in [0.15, 0.2) is 0 Å². The van der Waals surface area contributed by atoms with Crippen LogP contribution in [0.25, 0.3) is 0 Å². The van der Waals surface area contributed by atoms with Gasteiger partial charge in [0.2, 0.25) is 0 Å². The number of halogens is 1. The Kier molecular flexibility index (Phi) is 2.49. The number of hydrogen-bond acceptors (Lipinski definition) is 1. The van der Waals surface area contributed by atoms with Crippen LogP contribution in [0.1, 0.15) is 16.7 Å². The number of rotatable bonds is 1. The van der Waals surface area contributed by atoms with Gasteiger partial charge in [0.1, 0.15) is 11.9 Å². The Morgan fingerprint density at radius 1 is 1.46 bits per heavy atom. The minimum absolute atomic E-state index is 0.399. The molecule has 2 heteroatoms. The number of alkyl halides is 1. The molecule has 0 saturated carbocycles. The lowest BCUT2D eigenvalue weighted by atomic mass is 10.0. The van der Waals surface area contributed by atoms with E-state index < -0.39 is 0 Å². The molecule has 0 bridgehead atoms. The van der Waals surface area contributed by atoms with Crippen LogP contribution < -0.4 is 4.74 Å². The Morgan fingerprint density at radius 3 is 2.92 bits per heavy atom. The molecule has 1 aliphatic rings. The first-order valence-electron chi connectivity index (χ1n) is 4.53. The standard InChI is InChI=1S/C11H13IO/c1-7-3-8(2)11-9(4-7)5-10(6-12)13-11/h3-4,10H,5-6H2,1-2H3/t10-/m1/s1. The molecule has 1 heterocycles. The summed E-state index contributed by atoms with van der Waals surface area (Å²) in [5.41, 5.74) is 4.01. The van der Waals surface area contributed by atoms with E-state index in [1.807, 2.05) is 0 Å². The zero-order valence-electron chi connectivity index (χ0n) is 7.93. The molecule has 0 unspecified atom stereocenters. The predicted molar refractivity (Wildman–Crippen MR) is 62.9 cm³/mol. The van der Waals surface area contributed by atoms with E-state index in [0.717, 1.165) is 16.6 Å². The van der Waals surface area contributed by atoms with Gasteiger partial charge in [-0.3, -0.25) is 0 Å². The average Bonchev–Trinajstić information content (AvgIpc) is 2.47. The minimum Gasteiger partial charge on any atom is -0.489 e. The van der Waals surface area contributed by atoms with Gasteiger partial charge < -0.3 is 4.74 Å². The van der Waals surface area contributed by atoms with Gasteiger partial charge in [-0.2, -0.15) is 0 Å². The third-order valence-electron chi connectivity index (χ3n) is 2.40. The molecular weight excluding hydrogens is 275 g/mol. The van der Waals surface area contributed by atoms with Crippen molar-refractivity contribution in [3.05, 3.63) is 28.8 Å². The molecule has 1 atom stereocenters. The number of aryl methyl sites for hydroxylation is 2. The van der Waals surface area contributed by atoms with E-state index in [1.54, 1.807) is 0 Å². The Hall–Kier alpha value is -0.250. The highest BCUT2D eigenvalue weighted by atomic mass is 127. The Bertz CT molecular complexity index is 333. The van der Waals surface area contributed by atoms with Crippen LogP contribution in [0.4, 0.5) is 0 Å². The summed E-state index contributed by atoms with van der Waals surface area (Å²) in [6.45, 7) is 4.27. The summed E-state index contributed by atoms with van der Waals surface area (Å²) in [5.74, 6) is 1.13. The summed E-state index contributed by atoms with van der Waals surface area (Å²) in [4.78, 5) is 0. The monoisotopic (exact) mass is 288 g/mol. The maximum Gasteiger partial charge on any atom is 0.126 e. The first kappa shape index (κ1) is 9.31. The van der Waals surface area contributed by atoms with E-state index in [-0.39, 0.29) is 0 Å². The minimum atomic E-state index is 0.399. The van der Waals surface area contributed by atoms with Crippen LogP contribution in [0, 0.1) is 13.8 Å². The number of ether oxygens (including phenoxy) is 1. The third-order valence-corrected chi connectivity index (χ3v) is 3.38. The van der Waals surface area contributed by atoms with E-state index in [4.69, 9.17) is 4.74 Å². The number of benzene rings is 1. The van der Waals surface area contributed by atoms with Crippen LogP contribution in [0.5, 0.6) is 5.75 Å². The molecule has 0 amide bonds. The highest BCUT2D eigenvalue weighted by Crippen LogP contribution is 2.33. The van der Waals surface area contributed by atoms with E-state index >= 15 is 0 Å². The van der Waals surface area contributed by atoms with Crippen molar-refractivity contribution in [2.75, 3.05) is 4.43 Å². The second-order valence-electron chi connectivity index (χ2n) is 3.67. The molecule has 0 fully saturated rings. The van der Waals surface area contributed by atoms with Crippen LogP contribution in [0.15, 0.2) is 12.1 Å². The quantitative estimate of drug-likeness (QED) is 0.570. The van der Waals surface area contributed by atoms with Gasteiger partial charge in [0, 0.05) is 10.8 Å². The lowest BCUT2D eigenvalue weighted by molar-refractivity contribution is 0.261. The van der Waals surface area contributed by atoms with Crippen molar-refractivity contribution in [2.24, 2.45) is 0 Å². The topological polar surface area (TPSA) is 9.23 Å². The molecule has 0 N–H and O–H groups in total. The molecule has 1 nitrogen and oxygen atoms in total. The molecule has 1 aromatic rings. The first-order valence-corrected chi connectivity index (χ1v) is 6.06. The zero-order chi connectivity index (χ0) is 9.42. The first-order chi connectivity index (χ1) is 6.20. The van der Waals surface area contributed by atoms with Crippen molar-refractivity contribution in [3.63, 3.8) is 0 Å². The van der Waals surface area contributed by atoms with E-state index in [2.05, 4.69) is 48.6 Å². The van der Waals surface area contributed by atoms with E-state index in [1.165, 1.54) is 16.7 Å². The van der Waals surface area contributed by atoms with E-state index in [9.17, 15) is 0 Å². The van der Waals surface area contributed by atoms with E-state index in [0.29, 0.717) is 6.10 Å². The molecule has 0 spiro atoms. The fourth-order valence-corrected chi connectivity index (χ4v) is 2.39. The summed E-state index contributed by atoms with van der Waals surface area (Å²) in [7, 11) is 0. The maximum absolute atomic E-state index is 5.83. The van der Waals surface area contributed by atoms with Crippen molar-refractivity contribution in [3.8, 4) is 5.75 Å². The van der Waals surface area contributed by atoms with Crippen LogP contribution in [0.2, 0.25) is 0 Å². The highest BCUT2D eigenvalue weighted by molar-refractivity contribution is 14.1. The zero-order valence-corrected chi connectivity index (χ0v) is 10.1. The van der Waals surface area contributed by atoms with Gasteiger partial charge in [-0.15, -0.1) is 0 Å². The molecular formula is C11H13IO. The molecule has 0 radical (unpaired) electrons. The molecule has 0 aromatic heterocycles. The summed E-state index contributed by atoms with van der Waals surface area (Å²) < 4.78 is 6.91. The van der Waals surface area contributed by atoms with Gasteiger partial charge in [0.05, 0.1) is 0 Å². The third kappa shape index (κ3) is 1.68. The van der Waals surface area contributed by atoms with Gasteiger partial charge in [-0.25, -0.2) is 0 Å². The van der Waals surface area contributed by atoms with Gasteiger partial charge in [0.25, 0.3) is 0 Å². The summed E-state index contributed by atoms with van der Waals surface area (Å²) in [5, 5.41) is 0. The molecule has 1 aliphatic heterocycles. The van der Waals surface area contributed by atoms with Gasteiger partial charge in [-0.05, 0) is 25.0 Å². The lowest BCUT2D eigenvalue weighted by Crippen LogP contribution is -2.13. The SMILES string of the molecule is Cc1cc(C)c2c(c1)C[C@H](CI)O2. The van der Waals surface area contributed by atoms with Gasteiger partial charge in [-0.1, -0.05) is 40.3 Å². The molecule has 1 aromatic carbocycles. The summed E-state index contributed by atoms with van der Waals surface area (Å²) in [6.07, 6.45) is 1.48. The normalized spacial score (nSPS) is 19.8. The van der Waals surface area contributed by atoms with Crippen LogP contribution in [-0.2, 0) is 6.42 Å². The number of hydrogen-bond donors (Lipinski definition) is 0. The van der Waals surface area contributed by atoms with Crippen molar-refractivity contribution in [2.45, 2.75) is 26.4 Å². The average molecular weight is 288 g/mol. The largest absolute Gasteiger partial charge is 0.489 e. The van der Waals surface area contributed by atoms with Gasteiger partial charge >= 0.3 is 0 Å². The lowest BCUT2D eigenvalue weighted by Gasteiger charge is -2.07. The van der Waals surface area contributed by atoms with Crippen molar-refractivity contribution >= 4 is 22.6 Å². The van der Waals surface area contributed by atoms with Crippen LogP contribution in [0.3, 0.4) is 0 Å². The fourth-order valence-electron chi connectivity index (χ4n) is 1.90. The molecule has 2 rings (SSSR count). The predicted octanol–water partition coefficient (Wildman–Crippen LogP) is 3.04. The van der Waals surface area contributed by atoms with Crippen molar-refractivity contribution in [1.29, 1.82) is 0 Å².